The standard InChI is InChI=1S/C15H22N4O2/c1-4-20-13-7-5-6-8-14(13)21-10-9-16-12(2)15-18-17-11-19(15)3/h5-8,11-12,16H,4,9-10H2,1-3H3. The molecule has 0 bridgehead atoms. The summed E-state index contributed by atoms with van der Waals surface area (Å²) < 4.78 is 13.2. The molecule has 0 saturated heterocycles. The highest BCUT2D eigenvalue weighted by Crippen LogP contribution is 2.26. The van der Waals surface area contributed by atoms with Gasteiger partial charge in [0.05, 0.1) is 12.6 Å². The van der Waals surface area contributed by atoms with Crippen molar-refractivity contribution in [2.45, 2.75) is 19.9 Å². The third kappa shape index (κ3) is 4.19. The number of benzene rings is 1. The first-order chi connectivity index (χ1) is 10.2. The van der Waals surface area contributed by atoms with E-state index in [1.54, 1.807) is 6.33 Å². The largest absolute Gasteiger partial charge is 0.490 e. The lowest BCUT2D eigenvalue weighted by atomic mass is 10.3. The van der Waals surface area contributed by atoms with Gasteiger partial charge >= 0.3 is 0 Å². The number of aryl methyl sites for hydroxylation is 1. The summed E-state index contributed by atoms with van der Waals surface area (Å²) in [5.41, 5.74) is 0. The highest BCUT2D eigenvalue weighted by molar-refractivity contribution is 5.39. The molecule has 2 rings (SSSR count). The fourth-order valence-electron chi connectivity index (χ4n) is 2.06. The average Bonchev–Trinajstić information content (AvgIpc) is 2.91. The molecule has 6 nitrogen and oxygen atoms in total. The van der Waals surface area contributed by atoms with Crippen LogP contribution < -0.4 is 14.8 Å². The maximum atomic E-state index is 5.76. The Labute approximate surface area is 125 Å². The molecular weight excluding hydrogens is 268 g/mol. The fraction of sp³-hybridized carbons (Fsp3) is 0.467. The summed E-state index contributed by atoms with van der Waals surface area (Å²) in [6.07, 6.45) is 1.70. The molecule has 2 aromatic rings. The minimum atomic E-state index is 0.128. The van der Waals surface area contributed by atoms with Crippen molar-refractivity contribution >= 4 is 0 Å². The maximum absolute atomic E-state index is 5.76. The van der Waals surface area contributed by atoms with Crippen molar-refractivity contribution in [1.29, 1.82) is 0 Å². The summed E-state index contributed by atoms with van der Waals surface area (Å²) in [5, 5.41) is 11.3. The first-order valence-electron chi connectivity index (χ1n) is 7.14. The Balaban J connectivity index is 1.78. The van der Waals surface area contributed by atoms with Crippen molar-refractivity contribution in [2.24, 2.45) is 7.05 Å². The smallest absolute Gasteiger partial charge is 0.161 e. The average molecular weight is 290 g/mol. The van der Waals surface area contributed by atoms with Gasteiger partial charge in [0.25, 0.3) is 0 Å². The van der Waals surface area contributed by atoms with E-state index in [0.29, 0.717) is 19.8 Å². The summed E-state index contributed by atoms with van der Waals surface area (Å²) >= 11 is 0. The number of rotatable bonds is 8. The zero-order valence-electron chi connectivity index (χ0n) is 12.7. The van der Waals surface area contributed by atoms with Gasteiger partial charge in [0.1, 0.15) is 18.8 Å². The highest BCUT2D eigenvalue weighted by atomic mass is 16.5. The van der Waals surface area contributed by atoms with Gasteiger partial charge in [-0.15, -0.1) is 10.2 Å². The summed E-state index contributed by atoms with van der Waals surface area (Å²) in [5.74, 6) is 2.46. The number of nitrogens with one attached hydrogen (secondary N) is 1. The van der Waals surface area contributed by atoms with Crippen LogP contribution in [-0.4, -0.2) is 34.5 Å². The van der Waals surface area contributed by atoms with Gasteiger partial charge in [-0.1, -0.05) is 12.1 Å². The van der Waals surface area contributed by atoms with Crippen LogP contribution >= 0.6 is 0 Å². The van der Waals surface area contributed by atoms with Crippen LogP contribution in [0, 0.1) is 0 Å². The lowest BCUT2D eigenvalue weighted by Crippen LogP contribution is -2.26. The SMILES string of the molecule is CCOc1ccccc1OCCNC(C)c1nncn1C. The van der Waals surface area contributed by atoms with Crippen LogP contribution in [0.4, 0.5) is 0 Å². The third-order valence-electron chi connectivity index (χ3n) is 3.09. The first-order valence-corrected chi connectivity index (χ1v) is 7.14. The van der Waals surface area contributed by atoms with Crippen molar-refractivity contribution in [3.63, 3.8) is 0 Å². The Morgan fingerprint density at radius 3 is 2.57 bits per heavy atom. The molecule has 0 radical (unpaired) electrons. The van der Waals surface area contributed by atoms with Crippen LogP contribution in [-0.2, 0) is 7.05 Å². The van der Waals surface area contributed by atoms with Gasteiger partial charge in [-0.3, -0.25) is 0 Å². The predicted molar refractivity (Wildman–Crippen MR) is 80.5 cm³/mol. The molecular formula is C15H22N4O2. The third-order valence-corrected chi connectivity index (χ3v) is 3.09. The number of hydrogen-bond donors (Lipinski definition) is 1. The Kier molecular flexibility index (Phi) is 5.57. The summed E-state index contributed by atoms with van der Waals surface area (Å²) in [7, 11) is 1.93. The van der Waals surface area contributed by atoms with E-state index in [2.05, 4.69) is 22.4 Å². The maximum Gasteiger partial charge on any atom is 0.161 e. The fourth-order valence-corrected chi connectivity index (χ4v) is 2.06. The summed E-state index contributed by atoms with van der Waals surface area (Å²) in [4.78, 5) is 0. The van der Waals surface area contributed by atoms with Crippen molar-refractivity contribution in [3.8, 4) is 11.5 Å². The minimum Gasteiger partial charge on any atom is -0.490 e. The molecule has 0 amide bonds. The number of aromatic nitrogens is 3. The van der Waals surface area contributed by atoms with Crippen LogP contribution in [0.15, 0.2) is 30.6 Å². The van der Waals surface area contributed by atoms with Crippen LogP contribution in [0.1, 0.15) is 25.7 Å². The molecule has 0 aliphatic heterocycles. The molecule has 1 aromatic carbocycles. The molecule has 21 heavy (non-hydrogen) atoms. The molecule has 6 heteroatoms. The number of nitrogens with zero attached hydrogens (tertiary/aromatic N) is 3. The second-order valence-corrected chi connectivity index (χ2v) is 4.70. The van der Waals surface area contributed by atoms with Gasteiger partial charge in [-0.05, 0) is 26.0 Å². The van der Waals surface area contributed by atoms with E-state index in [4.69, 9.17) is 9.47 Å². The van der Waals surface area contributed by atoms with E-state index in [0.717, 1.165) is 17.3 Å². The number of ether oxygens (including phenoxy) is 2. The molecule has 1 N–H and O–H groups in total. The zero-order valence-corrected chi connectivity index (χ0v) is 12.7. The van der Waals surface area contributed by atoms with Gasteiger partial charge in [0.2, 0.25) is 0 Å². The summed E-state index contributed by atoms with van der Waals surface area (Å²) in [6, 6.07) is 7.83. The van der Waals surface area contributed by atoms with Gasteiger partial charge in [-0.2, -0.15) is 0 Å². The van der Waals surface area contributed by atoms with Crippen molar-refractivity contribution in [2.75, 3.05) is 19.8 Å². The molecule has 0 saturated carbocycles. The van der Waals surface area contributed by atoms with E-state index in [1.165, 1.54) is 0 Å². The monoisotopic (exact) mass is 290 g/mol. The lowest BCUT2D eigenvalue weighted by Gasteiger charge is -2.14. The van der Waals surface area contributed by atoms with E-state index in [9.17, 15) is 0 Å². The molecule has 0 aliphatic carbocycles. The van der Waals surface area contributed by atoms with Crippen LogP contribution in [0.5, 0.6) is 11.5 Å². The predicted octanol–water partition coefficient (Wildman–Crippen LogP) is 1.94. The Morgan fingerprint density at radius 2 is 1.95 bits per heavy atom. The quantitative estimate of drug-likeness (QED) is 0.753. The van der Waals surface area contributed by atoms with Crippen molar-refractivity contribution in [1.82, 2.24) is 20.1 Å². The Morgan fingerprint density at radius 1 is 1.24 bits per heavy atom. The molecule has 0 fully saturated rings. The van der Waals surface area contributed by atoms with Crippen LogP contribution in [0.2, 0.25) is 0 Å². The van der Waals surface area contributed by atoms with E-state index >= 15 is 0 Å². The van der Waals surface area contributed by atoms with Crippen LogP contribution in [0.3, 0.4) is 0 Å². The Hall–Kier alpha value is -2.08. The normalized spacial score (nSPS) is 12.1. The van der Waals surface area contributed by atoms with E-state index in [1.807, 2.05) is 42.8 Å². The molecule has 114 valence electrons. The van der Waals surface area contributed by atoms with E-state index < -0.39 is 0 Å². The topological polar surface area (TPSA) is 61.2 Å². The van der Waals surface area contributed by atoms with Crippen molar-refractivity contribution in [3.05, 3.63) is 36.4 Å². The zero-order chi connectivity index (χ0) is 15.1. The molecule has 1 heterocycles. The first kappa shape index (κ1) is 15.3. The second kappa shape index (κ2) is 7.64. The molecule has 1 unspecified atom stereocenters. The van der Waals surface area contributed by atoms with Gasteiger partial charge < -0.3 is 19.4 Å². The molecule has 0 spiro atoms. The van der Waals surface area contributed by atoms with Crippen molar-refractivity contribution < 1.29 is 9.47 Å². The summed E-state index contributed by atoms with van der Waals surface area (Å²) in [6.45, 7) is 5.92. The Bertz CT molecular complexity index is 556. The highest BCUT2D eigenvalue weighted by Gasteiger charge is 2.10. The second-order valence-electron chi connectivity index (χ2n) is 4.70. The van der Waals surface area contributed by atoms with Crippen LogP contribution in [0.25, 0.3) is 0 Å². The van der Waals surface area contributed by atoms with Gasteiger partial charge in [0.15, 0.2) is 11.5 Å². The van der Waals surface area contributed by atoms with Gasteiger partial charge in [-0.25, -0.2) is 0 Å². The molecule has 1 atom stereocenters. The van der Waals surface area contributed by atoms with Gasteiger partial charge in [0, 0.05) is 13.6 Å². The minimum absolute atomic E-state index is 0.128. The number of para-hydroxylation sites is 2. The van der Waals surface area contributed by atoms with E-state index in [-0.39, 0.29) is 6.04 Å². The number of hydrogen-bond acceptors (Lipinski definition) is 5. The molecule has 0 aliphatic rings. The molecule has 1 aromatic heterocycles. The lowest BCUT2D eigenvalue weighted by molar-refractivity contribution is 0.272.